The number of benzene rings is 1. The second-order valence-corrected chi connectivity index (χ2v) is 2.72. The van der Waals surface area contributed by atoms with Gasteiger partial charge in [0.15, 0.2) is 0 Å². The van der Waals surface area contributed by atoms with Crippen LogP contribution < -0.4 is 11.1 Å². The van der Waals surface area contributed by atoms with Crippen LogP contribution >= 0.6 is 0 Å². The molecule has 0 atom stereocenters. The molecule has 0 unspecified atom stereocenters. The summed E-state index contributed by atoms with van der Waals surface area (Å²) >= 11 is 0. The maximum atomic E-state index is 13.2. The van der Waals surface area contributed by atoms with E-state index in [0.29, 0.717) is 0 Å². The monoisotopic (exact) mass is 193 g/mol. The van der Waals surface area contributed by atoms with Crippen LogP contribution in [0.4, 0.5) is 15.8 Å². The third kappa shape index (κ3) is 1.98. The lowest BCUT2D eigenvalue weighted by molar-refractivity contribution is -0.114. The molecule has 1 aromatic rings. The Morgan fingerprint density at radius 3 is 2.71 bits per heavy atom. The Labute approximate surface area is 80.1 Å². The van der Waals surface area contributed by atoms with Gasteiger partial charge in [0.25, 0.3) is 0 Å². The first-order valence-corrected chi connectivity index (χ1v) is 3.81. The lowest BCUT2D eigenvalue weighted by atomic mass is 10.2. The fourth-order valence-electron chi connectivity index (χ4n) is 1.00. The zero-order valence-electron chi connectivity index (χ0n) is 7.47. The van der Waals surface area contributed by atoms with E-state index in [9.17, 15) is 9.18 Å². The highest BCUT2D eigenvalue weighted by atomic mass is 19.1. The number of halogens is 1. The molecule has 0 saturated carbocycles. The average molecular weight is 193 g/mol. The summed E-state index contributed by atoms with van der Waals surface area (Å²) in [7, 11) is 0. The van der Waals surface area contributed by atoms with E-state index < -0.39 is 11.7 Å². The van der Waals surface area contributed by atoms with Crippen molar-refractivity contribution in [3.8, 4) is 6.07 Å². The number of carbonyl (C=O) groups excluding carboxylic acids is 1. The Hall–Kier alpha value is -2.09. The summed E-state index contributed by atoms with van der Waals surface area (Å²) in [6.07, 6.45) is 0. The Morgan fingerprint density at radius 1 is 1.64 bits per heavy atom. The molecule has 1 rings (SSSR count). The van der Waals surface area contributed by atoms with Crippen LogP contribution in [0, 0.1) is 17.1 Å². The van der Waals surface area contributed by atoms with Crippen LogP contribution in [0.5, 0.6) is 0 Å². The van der Waals surface area contributed by atoms with Gasteiger partial charge in [-0.1, -0.05) is 0 Å². The molecular weight excluding hydrogens is 185 g/mol. The van der Waals surface area contributed by atoms with Gasteiger partial charge in [-0.2, -0.15) is 5.26 Å². The molecule has 3 N–H and O–H groups in total. The number of amides is 1. The summed E-state index contributed by atoms with van der Waals surface area (Å²) < 4.78 is 13.2. The minimum absolute atomic E-state index is 0.0387. The van der Waals surface area contributed by atoms with Crippen molar-refractivity contribution in [2.24, 2.45) is 0 Å². The standard InChI is InChI=1S/C9H8FN3O/c1-5(14)13-9-7(10)2-6(4-11)3-8(9)12/h2-3H,12H2,1H3,(H,13,14). The fourth-order valence-corrected chi connectivity index (χ4v) is 1.00. The number of hydrogen-bond donors (Lipinski definition) is 2. The minimum atomic E-state index is -0.711. The van der Waals surface area contributed by atoms with Crippen molar-refractivity contribution in [1.82, 2.24) is 0 Å². The normalized spacial score (nSPS) is 9.21. The number of hydrogen-bond acceptors (Lipinski definition) is 3. The molecule has 0 aromatic heterocycles. The maximum absolute atomic E-state index is 13.2. The van der Waals surface area contributed by atoms with Gasteiger partial charge in [-0.05, 0) is 12.1 Å². The van der Waals surface area contributed by atoms with Crippen LogP contribution in [0.2, 0.25) is 0 Å². The first-order chi connectivity index (χ1) is 6.54. The molecule has 0 fully saturated rings. The fraction of sp³-hybridized carbons (Fsp3) is 0.111. The molecule has 0 saturated heterocycles. The van der Waals surface area contributed by atoms with Crippen LogP contribution in [0.15, 0.2) is 12.1 Å². The van der Waals surface area contributed by atoms with E-state index in [0.717, 1.165) is 6.07 Å². The maximum Gasteiger partial charge on any atom is 0.221 e. The molecule has 1 amide bonds. The minimum Gasteiger partial charge on any atom is -0.397 e. The molecule has 0 bridgehead atoms. The topological polar surface area (TPSA) is 78.9 Å². The van der Waals surface area contributed by atoms with Crippen LogP contribution in [-0.4, -0.2) is 5.91 Å². The molecule has 5 heteroatoms. The summed E-state index contributed by atoms with van der Waals surface area (Å²) in [5.41, 5.74) is 5.51. The third-order valence-electron chi connectivity index (χ3n) is 1.55. The summed E-state index contributed by atoms with van der Waals surface area (Å²) in [6.45, 7) is 1.25. The van der Waals surface area contributed by atoms with Gasteiger partial charge in [0.1, 0.15) is 11.5 Å². The lowest BCUT2D eigenvalue weighted by Gasteiger charge is -2.07. The van der Waals surface area contributed by atoms with E-state index in [1.165, 1.54) is 13.0 Å². The highest BCUT2D eigenvalue weighted by Crippen LogP contribution is 2.23. The number of nitrogen functional groups attached to an aromatic ring is 1. The van der Waals surface area contributed by atoms with Gasteiger partial charge >= 0.3 is 0 Å². The van der Waals surface area contributed by atoms with E-state index in [2.05, 4.69) is 5.32 Å². The smallest absolute Gasteiger partial charge is 0.221 e. The first kappa shape index (κ1) is 9.99. The summed E-state index contributed by atoms with van der Waals surface area (Å²) in [5, 5.41) is 10.7. The Balaban J connectivity index is 3.19. The van der Waals surface area contributed by atoms with Crippen LogP contribution in [-0.2, 0) is 4.79 Å². The SMILES string of the molecule is CC(=O)Nc1c(N)cc(C#N)cc1F. The summed E-state index contributed by atoms with van der Waals surface area (Å²) in [6, 6.07) is 4.07. The van der Waals surface area contributed by atoms with Gasteiger partial charge in [0.05, 0.1) is 17.3 Å². The molecular formula is C9H8FN3O. The van der Waals surface area contributed by atoms with Crippen molar-refractivity contribution in [3.63, 3.8) is 0 Å². The predicted octanol–water partition coefficient (Wildman–Crippen LogP) is 1.24. The van der Waals surface area contributed by atoms with Gasteiger partial charge in [-0.3, -0.25) is 4.79 Å². The second kappa shape index (κ2) is 3.75. The van der Waals surface area contributed by atoms with Crippen molar-refractivity contribution in [2.75, 3.05) is 11.1 Å². The molecule has 0 radical (unpaired) electrons. The second-order valence-electron chi connectivity index (χ2n) is 2.72. The number of nitrogens with two attached hydrogens (primary N) is 1. The van der Waals surface area contributed by atoms with Crippen molar-refractivity contribution in [3.05, 3.63) is 23.5 Å². The summed E-state index contributed by atoms with van der Waals surface area (Å²) in [5.74, 6) is -1.13. The quantitative estimate of drug-likeness (QED) is 0.658. The Bertz CT molecular complexity index is 400. The first-order valence-electron chi connectivity index (χ1n) is 3.81. The van der Waals surface area contributed by atoms with Crippen LogP contribution in [0.25, 0.3) is 0 Å². The number of nitrogens with one attached hydrogen (secondary N) is 1. The molecule has 0 aliphatic heterocycles. The van der Waals surface area contributed by atoms with Crippen LogP contribution in [0.3, 0.4) is 0 Å². The highest BCUT2D eigenvalue weighted by Gasteiger charge is 2.09. The van der Waals surface area contributed by atoms with Crippen molar-refractivity contribution in [1.29, 1.82) is 5.26 Å². The average Bonchev–Trinajstić information content (AvgIpc) is 2.10. The highest BCUT2D eigenvalue weighted by molar-refractivity contribution is 5.92. The molecule has 0 heterocycles. The number of nitrogens with zero attached hydrogens (tertiary/aromatic N) is 1. The Morgan fingerprint density at radius 2 is 2.29 bits per heavy atom. The molecule has 1 aromatic carbocycles. The Kier molecular flexibility index (Phi) is 2.67. The molecule has 14 heavy (non-hydrogen) atoms. The third-order valence-corrected chi connectivity index (χ3v) is 1.55. The van der Waals surface area contributed by atoms with Crippen molar-refractivity contribution in [2.45, 2.75) is 6.92 Å². The molecule has 0 aliphatic rings. The van der Waals surface area contributed by atoms with Gasteiger partial charge < -0.3 is 11.1 Å². The zero-order valence-corrected chi connectivity index (χ0v) is 7.47. The van der Waals surface area contributed by atoms with E-state index in [4.69, 9.17) is 11.0 Å². The summed E-state index contributed by atoms with van der Waals surface area (Å²) in [4.78, 5) is 10.7. The van der Waals surface area contributed by atoms with Crippen LogP contribution in [0.1, 0.15) is 12.5 Å². The van der Waals surface area contributed by atoms with Gasteiger partial charge in [-0.25, -0.2) is 4.39 Å². The van der Waals surface area contributed by atoms with Crippen molar-refractivity contribution < 1.29 is 9.18 Å². The van der Waals surface area contributed by atoms with Gasteiger partial charge in [-0.15, -0.1) is 0 Å². The van der Waals surface area contributed by atoms with E-state index in [1.807, 2.05) is 0 Å². The molecule has 0 aliphatic carbocycles. The van der Waals surface area contributed by atoms with E-state index in [-0.39, 0.29) is 16.9 Å². The number of rotatable bonds is 1. The predicted molar refractivity (Wildman–Crippen MR) is 49.8 cm³/mol. The molecule has 4 nitrogen and oxygen atoms in total. The van der Waals surface area contributed by atoms with E-state index >= 15 is 0 Å². The van der Waals surface area contributed by atoms with Gasteiger partial charge in [0.2, 0.25) is 5.91 Å². The molecule has 0 spiro atoms. The molecule has 72 valence electrons. The zero-order chi connectivity index (χ0) is 10.7. The van der Waals surface area contributed by atoms with E-state index in [1.54, 1.807) is 6.07 Å². The number of carbonyl (C=O) groups is 1. The lowest BCUT2D eigenvalue weighted by Crippen LogP contribution is -2.10. The number of anilines is 2. The van der Waals surface area contributed by atoms with Gasteiger partial charge in [0, 0.05) is 6.92 Å². The van der Waals surface area contributed by atoms with Crippen molar-refractivity contribution >= 4 is 17.3 Å². The number of nitriles is 1. The largest absolute Gasteiger partial charge is 0.397 e.